The minimum atomic E-state index is -0.155. The topological polar surface area (TPSA) is 52.6 Å². The monoisotopic (exact) mass is 468 g/mol. The summed E-state index contributed by atoms with van der Waals surface area (Å²) in [6.45, 7) is 7.53. The quantitative estimate of drug-likeness (QED) is 0.0991. The van der Waals surface area contributed by atoms with Crippen LogP contribution in [-0.2, 0) is 19.1 Å². The van der Waals surface area contributed by atoms with Crippen LogP contribution in [0.15, 0.2) is 0 Å². The van der Waals surface area contributed by atoms with E-state index in [-0.39, 0.29) is 11.9 Å². The predicted molar refractivity (Wildman–Crippen MR) is 139 cm³/mol. The average Bonchev–Trinajstić information content (AvgIpc) is 2.78. The van der Waals surface area contributed by atoms with Crippen LogP contribution in [-0.4, -0.2) is 25.2 Å². The lowest BCUT2D eigenvalue weighted by Crippen LogP contribution is -2.08. The number of unbranched alkanes of at least 4 members (excludes halogenated alkanes) is 16. The van der Waals surface area contributed by atoms with Gasteiger partial charge in [0.1, 0.15) is 0 Å². The molecule has 33 heavy (non-hydrogen) atoms. The van der Waals surface area contributed by atoms with Gasteiger partial charge in [0.25, 0.3) is 0 Å². The van der Waals surface area contributed by atoms with Crippen LogP contribution in [0.5, 0.6) is 0 Å². The maximum atomic E-state index is 11.8. The molecule has 196 valence electrons. The van der Waals surface area contributed by atoms with E-state index in [0.29, 0.717) is 44.8 Å². The summed E-state index contributed by atoms with van der Waals surface area (Å²) in [4.78, 5) is 23.3. The maximum absolute atomic E-state index is 11.8. The summed E-state index contributed by atoms with van der Waals surface area (Å²) >= 11 is 0. The predicted octanol–water partition coefficient (Wildman–Crippen LogP) is 8.94. The minimum absolute atomic E-state index is 0.135. The van der Waals surface area contributed by atoms with Crippen molar-refractivity contribution in [3.63, 3.8) is 0 Å². The fourth-order valence-electron chi connectivity index (χ4n) is 3.93. The summed E-state index contributed by atoms with van der Waals surface area (Å²) in [6, 6.07) is 0. The third kappa shape index (κ3) is 27.1. The molecule has 0 N–H and O–H groups in total. The molecule has 0 bridgehead atoms. The highest BCUT2D eigenvalue weighted by Crippen LogP contribution is 2.14. The standard InChI is InChI=1S/C29H56O4/c1-4-5-6-7-8-9-10-11-12-13-14-15-16-17-18-21-25-32-28(30)22-19-20-23-29(31)33-26-24-27(2)3/h27H,4-26H2,1-3H3. The van der Waals surface area contributed by atoms with Crippen LogP contribution < -0.4 is 0 Å². The molecule has 4 nitrogen and oxygen atoms in total. The molecule has 4 heteroatoms. The fourth-order valence-corrected chi connectivity index (χ4v) is 3.93. The maximum Gasteiger partial charge on any atom is 0.305 e. The van der Waals surface area contributed by atoms with Gasteiger partial charge in [0.05, 0.1) is 13.2 Å². The molecule has 0 heterocycles. The van der Waals surface area contributed by atoms with Gasteiger partial charge in [0, 0.05) is 12.8 Å². The van der Waals surface area contributed by atoms with Crippen molar-refractivity contribution in [3.8, 4) is 0 Å². The lowest BCUT2D eigenvalue weighted by atomic mass is 10.0. The summed E-state index contributed by atoms with van der Waals surface area (Å²) < 4.78 is 10.5. The Labute approximate surface area is 206 Å². The SMILES string of the molecule is CCCCCCCCCCCCCCCCCCOC(=O)CCCCC(=O)OCCC(C)C. The van der Waals surface area contributed by atoms with E-state index in [4.69, 9.17) is 9.47 Å². The molecule has 0 spiro atoms. The van der Waals surface area contributed by atoms with E-state index in [9.17, 15) is 9.59 Å². The second-order valence-electron chi connectivity index (χ2n) is 10.1. The van der Waals surface area contributed by atoms with Crippen molar-refractivity contribution in [1.29, 1.82) is 0 Å². The smallest absolute Gasteiger partial charge is 0.305 e. The van der Waals surface area contributed by atoms with Crippen LogP contribution in [0, 0.1) is 5.92 Å². The van der Waals surface area contributed by atoms with Crippen LogP contribution in [0.2, 0.25) is 0 Å². The second-order valence-corrected chi connectivity index (χ2v) is 10.1. The van der Waals surface area contributed by atoms with Gasteiger partial charge in [-0.05, 0) is 31.6 Å². The zero-order valence-electron chi connectivity index (χ0n) is 22.5. The first-order valence-electron chi connectivity index (χ1n) is 14.4. The molecule has 0 saturated carbocycles. The summed E-state index contributed by atoms with van der Waals surface area (Å²) in [5.74, 6) is 0.253. The van der Waals surface area contributed by atoms with E-state index in [2.05, 4.69) is 20.8 Å². The summed E-state index contributed by atoms with van der Waals surface area (Å²) in [5.41, 5.74) is 0. The van der Waals surface area contributed by atoms with Crippen LogP contribution >= 0.6 is 0 Å². The third-order valence-electron chi connectivity index (χ3n) is 6.23. The summed E-state index contributed by atoms with van der Waals surface area (Å²) in [6.07, 6.45) is 24.6. The van der Waals surface area contributed by atoms with E-state index in [1.165, 1.54) is 89.9 Å². The highest BCUT2D eigenvalue weighted by molar-refractivity contribution is 5.70. The number of carbonyl (C=O) groups is 2. The van der Waals surface area contributed by atoms with E-state index in [1.54, 1.807) is 0 Å². The highest BCUT2D eigenvalue weighted by Gasteiger charge is 2.06. The van der Waals surface area contributed by atoms with Gasteiger partial charge in [0.15, 0.2) is 0 Å². The number of rotatable bonds is 25. The van der Waals surface area contributed by atoms with Gasteiger partial charge >= 0.3 is 11.9 Å². The number of ether oxygens (including phenoxy) is 2. The molecule has 0 unspecified atom stereocenters. The molecule has 0 aliphatic rings. The van der Waals surface area contributed by atoms with E-state index >= 15 is 0 Å². The van der Waals surface area contributed by atoms with Crippen molar-refractivity contribution in [3.05, 3.63) is 0 Å². The van der Waals surface area contributed by atoms with Crippen molar-refractivity contribution < 1.29 is 19.1 Å². The number of hydrogen-bond acceptors (Lipinski definition) is 4. The molecule has 0 rings (SSSR count). The van der Waals surface area contributed by atoms with Gasteiger partial charge in [-0.15, -0.1) is 0 Å². The Balaban J connectivity index is 3.23. The van der Waals surface area contributed by atoms with Gasteiger partial charge in [0.2, 0.25) is 0 Å². The molecule has 0 aromatic heterocycles. The summed E-state index contributed by atoms with van der Waals surface area (Å²) in [7, 11) is 0. The first-order chi connectivity index (χ1) is 16.1. The Hall–Kier alpha value is -1.06. The Bertz CT molecular complexity index is 433. The summed E-state index contributed by atoms with van der Waals surface area (Å²) in [5, 5.41) is 0. The molecule has 0 saturated heterocycles. The molecule has 0 atom stereocenters. The lowest BCUT2D eigenvalue weighted by molar-refractivity contribution is -0.146. The zero-order valence-corrected chi connectivity index (χ0v) is 22.5. The third-order valence-corrected chi connectivity index (χ3v) is 6.23. The Morgan fingerprint density at radius 1 is 0.515 bits per heavy atom. The second kappa shape index (κ2) is 25.6. The molecule has 0 aromatic rings. The molecule has 0 radical (unpaired) electrons. The van der Waals surface area contributed by atoms with Gasteiger partial charge < -0.3 is 9.47 Å². The first kappa shape index (κ1) is 31.9. The Morgan fingerprint density at radius 2 is 0.879 bits per heavy atom. The Morgan fingerprint density at radius 3 is 1.27 bits per heavy atom. The number of esters is 2. The van der Waals surface area contributed by atoms with Gasteiger partial charge in [-0.25, -0.2) is 0 Å². The van der Waals surface area contributed by atoms with Gasteiger partial charge in [-0.2, -0.15) is 0 Å². The fraction of sp³-hybridized carbons (Fsp3) is 0.931. The van der Waals surface area contributed by atoms with Gasteiger partial charge in [-0.3, -0.25) is 9.59 Å². The highest BCUT2D eigenvalue weighted by atomic mass is 16.5. The molecular formula is C29H56O4. The normalized spacial score (nSPS) is 11.2. The van der Waals surface area contributed by atoms with Crippen LogP contribution in [0.4, 0.5) is 0 Å². The molecule has 0 aromatic carbocycles. The first-order valence-corrected chi connectivity index (χ1v) is 14.4. The largest absolute Gasteiger partial charge is 0.466 e. The van der Waals surface area contributed by atoms with Gasteiger partial charge in [-0.1, -0.05) is 117 Å². The van der Waals surface area contributed by atoms with Crippen LogP contribution in [0.1, 0.15) is 156 Å². The van der Waals surface area contributed by atoms with E-state index in [0.717, 1.165) is 19.3 Å². The number of hydrogen-bond donors (Lipinski definition) is 0. The molecule has 0 fully saturated rings. The van der Waals surface area contributed by atoms with Crippen molar-refractivity contribution in [1.82, 2.24) is 0 Å². The van der Waals surface area contributed by atoms with Crippen molar-refractivity contribution in [2.75, 3.05) is 13.2 Å². The molecular weight excluding hydrogens is 412 g/mol. The minimum Gasteiger partial charge on any atom is -0.466 e. The molecule has 0 amide bonds. The van der Waals surface area contributed by atoms with E-state index < -0.39 is 0 Å². The van der Waals surface area contributed by atoms with E-state index in [1.807, 2.05) is 0 Å². The van der Waals surface area contributed by atoms with Crippen molar-refractivity contribution >= 4 is 11.9 Å². The lowest BCUT2D eigenvalue weighted by Gasteiger charge is -2.07. The zero-order chi connectivity index (χ0) is 24.4. The van der Waals surface area contributed by atoms with Crippen molar-refractivity contribution in [2.45, 2.75) is 156 Å². The van der Waals surface area contributed by atoms with Crippen LogP contribution in [0.3, 0.4) is 0 Å². The van der Waals surface area contributed by atoms with Crippen molar-refractivity contribution in [2.24, 2.45) is 5.92 Å². The Kier molecular flexibility index (Phi) is 24.7. The average molecular weight is 469 g/mol. The number of carbonyl (C=O) groups excluding carboxylic acids is 2. The molecule has 0 aliphatic carbocycles. The molecule has 0 aliphatic heterocycles. The van der Waals surface area contributed by atoms with Crippen LogP contribution in [0.25, 0.3) is 0 Å².